The summed E-state index contributed by atoms with van der Waals surface area (Å²) in [6.07, 6.45) is 0.920. The maximum Gasteiger partial charge on any atom is 0.124 e. The third-order valence-corrected chi connectivity index (χ3v) is 3.19. The molecule has 1 unspecified atom stereocenters. The molecule has 4 heteroatoms. The second-order valence-electron chi connectivity index (χ2n) is 4.86. The lowest BCUT2D eigenvalue weighted by Gasteiger charge is -2.17. The van der Waals surface area contributed by atoms with Gasteiger partial charge in [0, 0.05) is 31.9 Å². The molecule has 1 aromatic carbocycles. The van der Waals surface area contributed by atoms with Gasteiger partial charge in [0.05, 0.1) is 6.61 Å². The van der Waals surface area contributed by atoms with Gasteiger partial charge in [0.25, 0.3) is 0 Å². The Morgan fingerprint density at radius 3 is 2.65 bits per heavy atom. The van der Waals surface area contributed by atoms with Crippen molar-refractivity contribution in [2.45, 2.75) is 26.3 Å². The number of rotatable bonds is 10. The van der Waals surface area contributed by atoms with Crippen LogP contribution in [0.2, 0.25) is 0 Å². The lowest BCUT2D eigenvalue weighted by atomic mass is 10.1. The first-order chi connectivity index (χ1) is 9.69. The molecule has 0 radical (unpaired) electrons. The first-order valence-electron chi connectivity index (χ1n) is 7.16. The van der Waals surface area contributed by atoms with Crippen molar-refractivity contribution < 1.29 is 14.2 Å². The molecule has 4 nitrogen and oxygen atoms in total. The van der Waals surface area contributed by atoms with Crippen LogP contribution in [0.4, 0.5) is 0 Å². The van der Waals surface area contributed by atoms with E-state index >= 15 is 0 Å². The van der Waals surface area contributed by atoms with Crippen LogP contribution in [0.5, 0.6) is 5.75 Å². The summed E-state index contributed by atoms with van der Waals surface area (Å²) in [5.41, 5.74) is 2.38. The predicted octanol–water partition coefficient (Wildman–Crippen LogP) is 2.71. The Labute approximate surface area is 122 Å². The van der Waals surface area contributed by atoms with Crippen molar-refractivity contribution in [1.82, 2.24) is 5.32 Å². The number of ether oxygens (including phenoxy) is 3. The van der Waals surface area contributed by atoms with E-state index in [1.165, 1.54) is 11.1 Å². The van der Waals surface area contributed by atoms with Crippen LogP contribution in [-0.2, 0) is 9.47 Å². The van der Waals surface area contributed by atoms with Crippen LogP contribution in [-0.4, -0.2) is 40.6 Å². The Balaban J connectivity index is 2.40. The van der Waals surface area contributed by atoms with Gasteiger partial charge in [-0.2, -0.15) is 0 Å². The van der Waals surface area contributed by atoms with Gasteiger partial charge in [-0.25, -0.2) is 0 Å². The highest BCUT2D eigenvalue weighted by Crippen LogP contribution is 2.26. The molecule has 0 spiro atoms. The van der Waals surface area contributed by atoms with E-state index in [4.69, 9.17) is 14.2 Å². The minimum atomic E-state index is 0.272. The van der Waals surface area contributed by atoms with Gasteiger partial charge in [0.1, 0.15) is 12.4 Å². The van der Waals surface area contributed by atoms with E-state index in [-0.39, 0.29) is 6.04 Å². The summed E-state index contributed by atoms with van der Waals surface area (Å²) in [6, 6.07) is 6.57. The fraction of sp³-hybridized carbons (Fsp3) is 0.625. The highest BCUT2D eigenvalue weighted by Gasteiger charge is 2.10. The fourth-order valence-electron chi connectivity index (χ4n) is 1.90. The summed E-state index contributed by atoms with van der Waals surface area (Å²) < 4.78 is 16.3. The molecule has 0 bridgehead atoms. The highest BCUT2D eigenvalue weighted by atomic mass is 16.5. The Morgan fingerprint density at radius 2 is 1.95 bits per heavy atom. The van der Waals surface area contributed by atoms with Crippen LogP contribution >= 0.6 is 0 Å². The summed E-state index contributed by atoms with van der Waals surface area (Å²) >= 11 is 0. The maximum absolute atomic E-state index is 5.85. The zero-order valence-corrected chi connectivity index (χ0v) is 13.1. The van der Waals surface area contributed by atoms with Crippen molar-refractivity contribution in [1.29, 1.82) is 0 Å². The predicted molar refractivity (Wildman–Crippen MR) is 81.5 cm³/mol. The Kier molecular flexibility index (Phi) is 8.26. The summed E-state index contributed by atoms with van der Waals surface area (Å²) in [4.78, 5) is 0. The van der Waals surface area contributed by atoms with Crippen LogP contribution in [0, 0.1) is 6.92 Å². The Bertz CT molecular complexity index is 382. The van der Waals surface area contributed by atoms with Gasteiger partial charge < -0.3 is 19.5 Å². The van der Waals surface area contributed by atoms with Gasteiger partial charge in [-0.15, -0.1) is 0 Å². The zero-order valence-electron chi connectivity index (χ0n) is 13.1. The third kappa shape index (κ3) is 5.90. The molecule has 0 saturated heterocycles. The molecule has 0 saturated carbocycles. The highest BCUT2D eigenvalue weighted by molar-refractivity contribution is 5.39. The number of benzene rings is 1. The fourth-order valence-corrected chi connectivity index (χ4v) is 1.90. The van der Waals surface area contributed by atoms with Crippen molar-refractivity contribution in [2.75, 3.05) is 40.6 Å². The molecule has 1 atom stereocenters. The number of methoxy groups -OCH3 is 1. The van der Waals surface area contributed by atoms with E-state index in [1.54, 1.807) is 7.11 Å². The Morgan fingerprint density at radius 1 is 1.15 bits per heavy atom. The van der Waals surface area contributed by atoms with Gasteiger partial charge in [-0.05, 0) is 38.9 Å². The molecule has 20 heavy (non-hydrogen) atoms. The third-order valence-electron chi connectivity index (χ3n) is 3.19. The average Bonchev–Trinajstić information content (AvgIpc) is 2.45. The van der Waals surface area contributed by atoms with Crippen LogP contribution < -0.4 is 10.1 Å². The van der Waals surface area contributed by atoms with E-state index in [1.807, 2.05) is 7.05 Å². The molecule has 0 heterocycles. The lowest BCUT2D eigenvalue weighted by Crippen LogP contribution is -2.15. The Hall–Kier alpha value is -1.10. The first-order valence-corrected chi connectivity index (χ1v) is 7.16. The summed E-state index contributed by atoms with van der Waals surface area (Å²) in [7, 11) is 3.65. The smallest absolute Gasteiger partial charge is 0.124 e. The molecule has 114 valence electrons. The molecular formula is C16H27NO3. The van der Waals surface area contributed by atoms with E-state index in [0.29, 0.717) is 19.8 Å². The topological polar surface area (TPSA) is 39.7 Å². The second-order valence-corrected chi connectivity index (χ2v) is 4.86. The van der Waals surface area contributed by atoms with Gasteiger partial charge >= 0.3 is 0 Å². The van der Waals surface area contributed by atoms with E-state index in [2.05, 4.69) is 37.4 Å². The zero-order chi connectivity index (χ0) is 14.8. The molecule has 1 aromatic rings. The van der Waals surface area contributed by atoms with Crippen LogP contribution in [0.3, 0.4) is 0 Å². The second kappa shape index (κ2) is 9.75. The molecular weight excluding hydrogens is 254 g/mol. The molecule has 0 aromatic heterocycles. The quantitative estimate of drug-likeness (QED) is 0.669. The number of aryl methyl sites for hydroxylation is 1. The molecule has 0 amide bonds. The van der Waals surface area contributed by atoms with Crippen molar-refractivity contribution in [3.63, 3.8) is 0 Å². The lowest BCUT2D eigenvalue weighted by molar-refractivity contribution is 0.0803. The van der Waals surface area contributed by atoms with Crippen LogP contribution in [0.1, 0.15) is 30.5 Å². The van der Waals surface area contributed by atoms with E-state index in [9.17, 15) is 0 Å². The van der Waals surface area contributed by atoms with Crippen molar-refractivity contribution in [3.05, 3.63) is 29.3 Å². The van der Waals surface area contributed by atoms with Crippen molar-refractivity contribution in [2.24, 2.45) is 0 Å². The number of nitrogens with one attached hydrogen (secondary N) is 1. The van der Waals surface area contributed by atoms with Gasteiger partial charge in [-0.3, -0.25) is 0 Å². The van der Waals surface area contributed by atoms with Gasteiger partial charge in [0.15, 0.2) is 0 Å². The first kappa shape index (κ1) is 17.0. The average molecular weight is 281 g/mol. The molecule has 1 N–H and O–H groups in total. The molecule has 0 fully saturated rings. The molecule has 0 aliphatic rings. The van der Waals surface area contributed by atoms with Gasteiger partial charge in [-0.1, -0.05) is 12.1 Å². The summed E-state index contributed by atoms with van der Waals surface area (Å²) in [6.45, 7) is 6.82. The molecule has 1 rings (SSSR count). The maximum atomic E-state index is 5.85. The van der Waals surface area contributed by atoms with Crippen LogP contribution in [0.15, 0.2) is 18.2 Å². The number of hydrogen-bond acceptors (Lipinski definition) is 4. The van der Waals surface area contributed by atoms with E-state index < -0.39 is 0 Å². The molecule has 0 aliphatic heterocycles. The monoisotopic (exact) mass is 281 g/mol. The standard InChI is InChI=1S/C16H27NO3/c1-13-6-7-15(14(2)17-3)16(12-13)20-11-10-19-9-5-8-18-4/h6-7,12,14,17H,5,8-11H2,1-4H3. The molecule has 0 aliphatic carbocycles. The normalized spacial score (nSPS) is 12.4. The SMILES string of the molecule is CNC(C)c1ccc(C)cc1OCCOCCCOC. The minimum absolute atomic E-state index is 0.272. The van der Waals surface area contributed by atoms with Crippen molar-refractivity contribution >= 4 is 0 Å². The van der Waals surface area contributed by atoms with Crippen molar-refractivity contribution in [3.8, 4) is 5.75 Å². The number of hydrogen-bond donors (Lipinski definition) is 1. The minimum Gasteiger partial charge on any atom is -0.491 e. The summed E-state index contributed by atoms with van der Waals surface area (Å²) in [5, 5.41) is 3.24. The largest absolute Gasteiger partial charge is 0.491 e. The van der Waals surface area contributed by atoms with Gasteiger partial charge in [0.2, 0.25) is 0 Å². The van der Waals surface area contributed by atoms with E-state index in [0.717, 1.165) is 18.8 Å². The van der Waals surface area contributed by atoms with Crippen LogP contribution in [0.25, 0.3) is 0 Å². The summed E-state index contributed by atoms with van der Waals surface area (Å²) in [5.74, 6) is 0.937.